The lowest BCUT2D eigenvalue weighted by Gasteiger charge is -2.30. The quantitative estimate of drug-likeness (QED) is 0.291. The fourth-order valence-electron chi connectivity index (χ4n) is 3.80. The summed E-state index contributed by atoms with van der Waals surface area (Å²) in [5.41, 5.74) is 0.863. The van der Waals surface area contributed by atoms with Crippen LogP contribution >= 0.6 is 24.0 Å². The van der Waals surface area contributed by atoms with Crippen molar-refractivity contribution >= 4 is 41.5 Å². The van der Waals surface area contributed by atoms with Crippen molar-refractivity contribution in [3.8, 4) is 5.75 Å². The summed E-state index contributed by atoms with van der Waals surface area (Å²) >= 11 is 0. The van der Waals surface area contributed by atoms with Crippen LogP contribution in [0.1, 0.15) is 39.0 Å². The van der Waals surface area contributed by atoms with Gasteiger partial charge in [0.15, 0.2) is 12.6 Å². The van der Waals surface area contributed by atoms with Crippen LogP contribution in [0.15, 0.2) is 29.3 Å². The summed E-state index contributed by atoms with van der Waals surface area (Å²) in [6, 6.07) is 8.21. The lowest BCUT2D eigenvalue weighted by molar-refractivity contribution is -0.121. The predicted molar refractivity (Wildman–Crippen MR) is 120 cm³/mol. The number of carbonyl (C=O) groups is 1. The fraction of sp³-hybridized carbons (Fsp3) is 0.600. The summed E-state index contributed by atoms with van der Waals surface area (Å²) in [4.78, 5) is 18.3. The van der Waals surface area contributed by atoms with Gasteiger partial charge in [0.1, 0.15) is 5.75 Å². The van der Waals surface area contributed by atoms with Crippen LogP contribution in [0.25, 0.3) is 0 Å². The number of nitrogens with one attached hydrogen (secondary N) is 2. The first-order chi connectivity index (χ1) is 12.7. The summed E-state index contributed by atoms with van der Waals surface area (Å²) in [6.07, 6.45) is 5.89. The summed E-state index contributed by atoms with van der Waals surface area (Å²) in [5, 5.41) is 6.92. The van der Waals surface area contributed by atoms with Gasteiger partial charge in [-0.05, 0) is 37.3 Å². The lowest BCUT2D eigenvalue weighted by Crippen LogP contribution is -2.46. The van der Waals surface area contributed by atoms with Gasteiger partial charge in [0.05, 0.1) is 5.69 Å². The van der Waals surface area contributed by atoms with Gasteiger partial charge in [0.2, 0.25) is 0 Å². The highest BCUT2D eigenvalue weighted by Crippen LogP contribution is 2.31. The number of nitrogens with zero attached hydrogens (tertiary/aromatic N) is 2. The van der Waals surface area contributed by atoms with Gasteiger partial charge in [-0.25, -0.2) is 0 Å². The molecule has 2 atom stereocenters. The normalized spacial score (nSPS) is 22.4. The second-order valence-electron chi connectivity index (χ2n) is 7.27. The fourth-order valence-corrected chi connectivity index (χ4v) is 3.80. The maximum Gasteiger partial charge on any atom is 0.265 e. The minimum absolute atomic E-state index is 0. The van der Waals surface area contributed by atoms with Crippen LogP contribution in [0.4, 0.5) is 5.69 Å². The number of guanidine groups is 1. The maximum absolute atomic E-state index is 12.2. The molecule has 0 saturated heterocycles. The molecule has 1 aliphatic heterocycles. The zero-order valence-electron chi connectivity index (χ0n) is 16.2. The summed E-state index contributed by atoms with van der Waals surface area (Å²) in [5.74, 6) is 2.44. The molecular weight excluding hydrogens is 455 g/mol. The highest BCUT2D eigenvalue weighted by Gasteiger charge is 2.24. The van der Waals surface area contributed by atoms with Crippen molar-refractivity contribution in [2.45, 2.75) is 45.1 Å². The van der Waals surface area contributed by atoms with E-state index >= 15 is 0 Å². The number of benzene rings is 1. The van der Waals surface area contributed by atoms with Crippen LogP contribution in [0.2, 0.25) is 0 Å². The van der Waals surface area contributed by atoms with Gasteiger partial charge in [-0.2, -0.15) is 0 Å². The zero-order valence-corrected chi connectivity index (χ0v) is 18.6. The molecule has 150 valence electrons. The van der Waals surface area contributed by atoms with E-state index in [1.807, 2.05) is 36.2 Å². The highest BCUT2D eigenvalue weighted by molar-refractivity contribution is 14.0. The number of anilines is 1. The van der Waals surface area contributed by atoms with Crippen molar-refractivity contribution < 1.29 is 9.53 Å². The zero-order chi connectivity index (χ0) is 18.4. The Kier molecular flexibility index (Phi) is 8.66. The summed E-state index contributed by atoms with van der Waals surface area (Å²) in [6.45, 7) is 3.88. The van der Waals surface area contributed by atoms with Crippen molar-refractivity contribution in [1.82, 2.24) is 10.6 Å². The molecule has 6 nitrogen and oxygen atoms in total. The number of halogens is 1. The first-order valence-electron chi connectivity index (χ1n) is 9.66. The van der Waals surface area contributed by atoms with E-state index in [4.69, 9.17) is 4.74 Å². The van der Waals surface area contributed by atoms with Crippen LogP contribution in [0, 0.1) is 5.92 Å². The number of hydrogen-bond acceptors (Lipinski definition) is 3. The Bertz CT molecular complexity index is 653. The second kappa shape index (κ2) is 10.7. The molecule has 2 N–H and O–H groups in total. The van der Waals surface area contributed by atoms with Crippen LogP contribution < -0.4 is 20.3 Å². The Morgan fingerprint density at radius 2 is 2.15 bits per heavy atom. The maximum atomic E-state index is 12.2. The molecule has 3 rings (SSSR count). The molecule has 1 aromatic carbocycles. The number of hydrogen-bond donors (Lipinski definition) is 2. The second-order valence-corrected chi connectivity index (χ2v) is 7.27. The molecule has 0 bridgehead atoms. The first kappa shape index (κ1) is 21.8. The number of amides is 1. The van der Waals surface area contributed by atoms with Gasteiger partial charge in [0.25, 0.3) is 5.91 Å². The number of ether oxygens (including phenoxy) is 1. The Labute approximate surface area is 179 Å². The average molecular weight is 486 g/mol. The molecule has 0 spiro atoms. The highest BCUT2D eigenvalue weighted by atomic mass is 127. The van der Waals surface area contributed by atoms with Gasteiger partial charge in [0, 0.05) is 26.2 Å². The van der Waals surface area contributed by atoms with Gasteiger partial charge in [-0.3, -0.25) is 9.79 Å². The van der Waals surface area contributed by atoms with Crippen LogP contribution in [0.3, 0.4) is 0 Å². The molecule has 1 heterocycles. The van der Waals surface area contributed by atoms with Crippen molar-refractivity contribution in [2.24, 2.45) is 10.9 Å². The molecule has 1 amide bonds. The minimum atomic E-state index is 0. The monoisotopic (exact) mass is 486 g/mol. The number of rotatable bonds is 5. The van der Waals surface area contributed by atoms with Crippen molar-refractivity contribution in [3.63, 3.8) is 0 Å². The molecule has 7 heteroatoms. The van der Waals surface area contributed by atoms with Gasteiger partial charge < -0.3 is 20.3 Å². The molecule has 1 saturated carbocycles. The number of carbonyl (C=O) groups excluding carboxylic acids is 1. The molecule has 1 aliphatic carbocycles. The predicted octanol–water partition coefficient (Wildman–Crippen LogP) is 3.16. The standard InChI is InChI=1S/C20H30N4O2.HI/c1-15-7-5-8-16(13-15)23-20(21-2)22-11-6-12-24-17-9-3-4-10-18(17)26-14-19(24)25;/h3-4,9-10,15-16H,5-8,11-14H2,1-2H3,(H2,21,22,23);1H. The van der Waals surface area contributed by atoms with E-state index in [2.05, 4.69) is 22.5 Å². The van der Waals surface area contributed by atoms with E-state index < -0.39 is 0 Å². The third-order valence-electron chi connectivity index (χ3n) is 5.16. The summed E-state index contributed by atoms with van der Waals surface area (Å²) < 4.78 is 5.49. The van der Waals surface area contributed by atoms with Gasteiger partial charge in [-0.1, -0.05) is 31.9 Å². The Morgan fingerprint density at radius 3 is 2.93 bits per heavy atom. The molecule has 1 fully saturated rings. The molecule has 1 aromatic rings. The molecule has 2 aliphatic rings. The third-order valence-corrected chi connectivity index (χ3v) is 5.16. The molecular formula is C20H31IN4O2. The first-order valence-corrected chi connectivity index (χ1v) is 9.66. The Balaban J connectivity index is 0.00000261. The number of aliphatic imine (C=N–C) groups is 1. The smallest absolute Gasteiger partial charge is 0.265 e. The van der Waals surface area contributed by atoms with E-state index in [9.17, 15) is 4.79 Å². The molecule has 0 aromatic heterocycles. The van der Waals surface area contributed by atoms with Crippen molar-refractivity contribution in [1.29, 1.82) is 0 Å². The topological polar surface area (TPSA) is 66.0 Å². The van der Waals surface area contributed by atoms with E-state index in [-0.39, 0.29) is 36.5 Å². The molecule has 2 unspecified atom stereocenters. The minimum Gasteiger partial charge on any atom is -0.482 e. The van der Waals surface area contributed by atoms with E-state index in [1.54, 1.807) is 0 Å². The number of fused-ring (bicyclic) bond motifs is 1. The van der Waals surface area contributed by atoms with Crippen molar-refractivity contribution in [3.05, 3.63) is 24.3 Å². The Hall–Kier alpha value is -1.51. The average Bonchev–Trinajstić information content (AvgIpc) is 2.65. The summed E-state index contributed by atoms with van der Waals surface area (Å²) in [7, 11) is 1.81. The SMILES string of the molecule is CN=C(NCCCN1C(=O)COc2ccccc21)NC1CCCC(C)C1.I. The van der Waals surface area contributed by atoms with Gasteiger partial charge >= 0.3 is 0 Å². The number of para-hydroxylation sites is 2. The lowest BCUT2D eigenvalue weighted by atomic mass is 9.87. The third kappa shape index (κ3) is 5.99. The molecule has 0 radical (unpaired) electrons. The van der Waals surface area contributed by atoms with Crippen LogP contribution in [-0.4, -0.2) is 44.7 Å². The largest absolute Gasteiger partial charge is 0.482 e. The van der Waals surface area contributed by atoms with E-state index in [0.717, 1.165) is 36.3 Å². The Morgan fingerprint density at radius 1 is 1.33 bits per heavy atom. The van der Waals surface area contributed by atoms with E-state index in [0.29, 0.717) is 12.6 Å². The molecule has 27 heavy (non-hydrogen) atoms. The van der Waals surface area contributed by atoms with Gasteiger partial charge in [-0.15, -0.1) is 24.0 Å². The van der Waals surface area contributed by atoms with E-state index in [1.165, 1.54) is 25.7 Å². The van der Waals surface area contributed by atoms with Crippen molar-refractivity contribution in [2.75, 3.05) is 31.6 Å². The van der Waals surface area contributed by atoms with Crippen LogP contribution in [-0.2, 0) is 4.79 Å². The van der Waals surface area contributed by atoms with Crippen LogP contribution in [0.5, 0.6) is 5.75 Å².